The van der Waals surface area contributed by atoms with Crippen LogP contribution in [0.2, 0.25) is 0 Å². The van der Waals surface area contributed by atoms with Gasteiger partial charge in [-0.2, -0.15) is 4.98 Å². The Morgan fingerprint density at radius 1 is 1.29 bits per heavy atom. The quantitative estimate of drug-likeness (QED) is 0.764. The molecule has 1 N–H and O–H groups in total. The Labute approximate surface area is 139 Å². The van der Waals surface area contributed by atoms with Crippen molar-refractivity contribution in [2.75, 3.05) is 26.7 Å². The zero-order valence-electron chi connectivity index (χ0n) is 13.5. The van der Waals surface area contributed by atoms with E-state index in [9.17, 15) is 0 Å². The van der Waals surface area contributed by atoms with Gasteiger partial charge in [0.25, 0.3) is 0 Å². The molecule has 1 atom stereocenters. The van der Waals surface area contributed by atoms with Crippen molar-refractivity contribution in [2.45, 2.75) is 12.6 Å². The van der Waals surface area contributed by atoms with Crippen molar-refractivity contribution >= 4 is 0 Å². The number of likely N-dealkylation sites (N-methyl/N-ethyl adjacent to an activating group) is 1. The van der Waals surface area contributed by atoms with Crippen LogP contribution in [0.5, 0.6) is 0 Å². The second-order valence-electron chi connectivity index (χ2n) is 5.91. The zero-order valence-corrected chi connectivity index (χ0v) is 13.5. The standard InChI is InChI=1S/C16H19N7O/c1-22-8-7-17-9-14(22)16-18-15(24-20-16)11-23-10-13(19-21-23)12-5-3-2-4-6-12/h2-6,10,14,17H,7-9,11H2,1H3. The molecule has 1 unspecified atom stereocenters. The molecule has 0 radical (unpaired) electrons. The lowest BCUT2D eigenvalue weighted by molar-refractivity contribution is 0.190. The van der Waals surface area contributed by atoms with Gasteiger partial charge in [0, 0.05) is 25.2 Å². The third-order valence-electron chi connectivity index (χ3n) is 4.20. The lowest BCUT2D eigenvalue weighted by atomic mass is 10.2. The highest BCUT2D eigenvalue weighted by atomic mass is 16.5. The molecule has 1 saturated heterocycles. The van der Waals surface area contributed by atoms with Gasteiger partial charge in [-0.1, -0.05) is 40.7 Å². The molecule has 1 fully saturated rings. The van der Waals surface area contributed by atoms with Gasteiger partial charge in [-0.15, -0.1) is 5.10 Å². The van der Waals surface area contributed by atoms with Crippen molar-refractivity contribution in [1.29, 1.82) is 0 Å². The summed E-state index contributed by atoms with van der Waals surface area (Å²) in [6.07, 6.45) is 1.88. The van der Waals surface area contributed by atoms with Gasteiger partial charge >= 0.3 is 0 Å². The predicted molar refractivity (Wildman–Crippen MR) is 87.1 cm³/mol. The summed E-state index contributed by atoms with van der Waals surface area (Å²) in [6.45, 7) is 3.20. The van der Waals surface area contributed by atoms with Crippen molar-refractivity contribution in [3.63, 3.8) is 0 Å². The molecule has 2 aromatic heterocycles. The Balaban J connectivity index is 1.47. The van der Waals surface area contributed by atoms with Crippen LogP contribution >= 0.6 is 0 Å². The summed E-state index contributed by atoms with van der Waals surface area (Å²) in [6, 6.07) is 10.1. The number of rotatable bonds is 4. The van der Waals surface area contributed by atoms with E-state index >= 15 is 0 Å². The Kier molecular flexibility index (Phi) is 4.06. The summed E-state index contributed by atoms with van der Waals surface area (Å²) >= 11 is 0. The maximum atomic E-state index is 5.38. The van der Waals surface area contributed by atoms with Gasteiger partial charge in [0.2, 0.25) is 5.89 Å². The van der Waals surface area contributed by atoms with Gasteiger partial charge in [0.05, 0.1) is 12.2 Å². The minimum Gasteiger partial charge on any atom is -0.337 e. The number of nitrogens with zero attached hydrogens (tertiary/aromatic N) is 6. The fraction of sp³-hybridized carbons (Fsp3) is 0.375. The molecular formula is C16H19N7O. The molecule has 0 bridgehead atoms. The van der Waals surface area contributed by atoms with Crippen molar-refractivity contribution in [1.82, 2.24) is 35.4 Å². The van der Waals surface area contributed by atoms with E-state index in [1.54, 1.807) is 4.68 Å². The summed E-state index contributed by atoms with van der Waals surface area (Å²) in [7, 11) is 2.07. The van der Waals surface area contributed by atoms with E-state index in [-0.39, 0.29) is 6.04 Å². The number of piperazine rings is 1. The van der Waals surface area contributed by atoms with Crippen LogP contribution in [0.1, 0.15) is 17.8 Å². The van der Waals surface area contributed by atoms with Crippen LogP contribution in [0, 0.1) is 0 Å². The summed E-state index contributed by atoms with van der Waals surface area (Å²) < 4.78 is 7.09. The number of nitrogens with one attached hydrogen (secondary N) is 1. The number of benzene rings is 1. The second kappa shape index (κ2) is 6.50. The molecule has 3 heterocycles. The summed E-state index contributed by atoms with van der Waals surface area (Å²) in [5.41, 5.74) is 1.86. The third kappa shape index (κ3) is 3.06. The molecule has 1 aromatic carbocycles. The Morgan fingerprint density at radius 2 is 2.17 bits per heavy atom. The molecule has 8 nitrogen and oxygen atoms in total. The summed E-state index contributed by atoms with van der Waals surface area (Å²) in [5, 5.41) is 15.8. The van der Waals surface area contributed by atoms with E-state index in [2.05, 4.69) is 37.7 Å². The summed E-state index contributed by atoms with van der Waals surface area (Å²) in [5.74, 6) is 1.25. The molecule has 24 heavy (non-hydrogen) atoms. The minimum atomic E-state index is 0.145. The van der Waals surface area contributed by atoms with E-state index in [0.29, 0.717) is 18.3 Å². The molecular weight excluding hydrogens is 306 g/mol. The van der Waals surface area contributed by atoms with Crippen LogP contribution in [0.25, 0.3) is 11.3 Å². The van der Waals surface area contributed by atoms with Crippen LogP contribution in [0.3, 0.4) is 0 Å². The van der Waals surface area contributed by atoms with Gasteiger partial charge in [-0.25, -0.2) is 4.68 Å². The molecule has 3 aromatic rings. The van der Waals surface area contributed by atoms with Crippen LogP contribution in [-0.2, 0) is 6.54 Å². The largest absolute Gasteiger partial charge is 0.337 e. The van der Waals surface area contributed by atoms with E-state index in [4.69, 9.17) is 4.52 Å². The third-order valence-corrected chi connectivity index (χ3v) is 4.20. The highest BCUT2D eigenvalue weighted by Gasteiger charge is 2.25. The Bertz CT molecular complexity index is 798. The SMILES string of the molecule is CN1CCNCC1c1noc(Cn2cc(-c3ccccc3)nn2)n1. The minimum absolute atomic E-state index is 0.145. The first-order valence-corrected chi connectivity index (χ1v) is 7.98. The van der Waals surface area contributed by atoms with Crippen molar-refractivity contribution in [2.24, 2.45) is 0 Å². The second-order valence-corrected chi connectivity index (χ2v) is 5.91. The van der Waals surface area contributed by atoms with E-state index in [0.717, 1.165) is 30.9 Å². The molecule has 1 aliphatic rings. The highest BCUT2D eigenvalue weighted by molar-refractivity contribution is 5.57. The predicted octanol–water partition coefficient (Wildman–Crippen LogP) is 0.952. The van der Waals surface area contributed by atoms with Gasteiger partial charge in [-0.3, -0.25) is 4.90 Å². The topological polar surface area (TPSA) is 84.9 Å². The highest BCUT2D eigenvalue weighted by Crippen LogP contribution is 2.18. The van der Waals surface area contributed by atoms with Crippen LogP contribution in [0.15, 0.2) is 41.1 Å². The molecule has 4 rings (SSSR count). The molecule has 0 saturated carbocycles. The number of aromatic nitrogens is 5. The van der Waals surface area contributed by atoms with Crippen LogP contribution in [0.4, 0.5) is 0 Å². The molecule has 0 amide bonds. The van der Waals surface area contributed by atoms with E-state index in [1.807, 2.05) is 36.5 Å². The first-order valence-electron chi connectivity index (χ1n) is 7.98. The van der Waals surface area contributed by atoms with Crippen LogP contribution < -0.4 is 5.32 Å². The lowest BCUT2D eigenvalue weighted by Gasteiger charge is -2.30. The fourth-order valence-corrected chi connectivity index (χ4v) is 2.82. The lowest BCUT2D eigenvalue weighted by Crippen LogP contribution is -2.44. The number of hydrogen-bond acceptors (Lipinski definition) is 7. The van der Waals surface area contributed by atoms with Crippen molar-refractivity contribution < 1.29 is 4.52 Å². The van der Waals surface area contributed by atoms with E-state index in [1.165, 1.54) is 0 Å². The smallest absolute Gasteiger partial charge is 0.248 e. The molecule has 0 spiro atoms. The Hall–Kier alpha value is -2.58. The van der Waals surface area contributed by atoms with Gasteiger partial charge in [0.1, 0.15) is 12.2 Å². The molecule has 8 heteroatoms. The maximum absolute atomic E-state index is 5.38. The first-order chi connectivity index (χ1) is 11.8. The van der Waals surface area contributed by atoms with E-state index < -0.39 is 0 Å². The molecule has 0 aliphatic carbocycles. The van der Waals surface area contributed by atoms with Gasteiger partial charge in [0.15, 0.2) is 5.82 Å². The van der Waals surface area contributed by atoms with Crippen molar-refractivity contribution in [3.8, 4) is 11.3 Å². The molecule has 124 valence electrons. The average Bonchev–Trinajstić information content (AvgIpc) is 3.26. The zero-order chi connectivity index (χ0) is 16.4. The van der Waals surface area contributed by atoms with Gasteiger partial charge in [-0.05, 0) is 7.05 Å². The molecule has 1 aliphatic heterocycles. The summed E-state index contributed by atoms with van der Waals surface area (Å²) in [4.78, 5) is 6.74. The first kappa shape index (κ1) is 15.0. The van der Waals surface area contributed by atoms with Crippen molar-refractivity contribution in [3.05, 3.63) is 48.2 Å². The Morgan fingerprint density at radius 3 is 3.00 bits per heavy atom. The number of hydrogen-bond donors (Lipinski definition) is 1. The normalized spacial score (nSPS) is 18.8. The van der Waals surface area contributed by atoms with Gasteiger partial charge < -0.3 is 9.84 Å². The van der Waals surface area contributed by atoms with Crippen LogP contribution in [-0.4, -0.2) is 56.7 Å². The maximum Gasteiger partial charge on any atom is 0.248 e. The average molecular weight is 325 g/mol. The fourth-order valence-electron chi connectivity index (χ4n) is 2.82. The monoisotopic (exact) mass is 325 g/mol.